The smallest absolute Gasteiger partial charge is 0.203 e. The molecule has 0 aromatic heterocycles. The Labute approximate surface area is 118 Å². The maximum Gasteiger partial charge on any atom is 0.203 e. The summed E-state index contributed by atoms with van der Waals surface area (Å²) in [7, 11) is 3.08. The highest BCUT2D eigenvalue weighted by atomic mass is 16.5. The molecular weight excluding hydrogens is 256 g/mol. The lowest BCUT2D eigenvalue weighted by atomic mass is 9.95. The van der Waals surface area contributed by atoms with Gasteiger partial charge in [-0.1, -0.05) is 0 Å². The number of ether oxygens (including phenoxy) is 2. The summed E-state index contributed by atoms with van der Waals surface area (Å²) < 4.78 is 10.8. The Bertz CT molecular complexity index is 613. The molecule has 4 heteroatoms. The van der Waals surface area contributed by atoms with Crippen molar-refractivity contribution in [2.24, 2.45) is 0 Å². The van der Waals surface area contributed by atoms with Crippen LogP contribution in [0.15, 0.2) is 11.6 Å². The summed E-state index contributed by atoms with van der Waals surface area (Å²) in [6, 6.07) is 1.71. The van der Waals surface area contributed by atoms with Gasteiger partial charge in [-0.3, -0.25) is 4.79 Å². The van der Waals surface area contributed by atoms with Gasteiger partial charge in [0.25, 0.3) is 0 Å². The molecule has 0 bridgehead atoms. The molecule has 3 rings (SSSR count). The molecule has 0 heterocycles. The van der Waals surface area contributed by atoms with E-state index in [4.69, 9.17) is 9.47 Å². The van der Waals surface area contributed by atoms with Crippen LogP contribution in [0.4, 0.5) is 0 Å². The molecule has 0 radical (unpaired) electrons. The molecule has 0 aliphatic heterocycles. The van der Waals surface area contributed by atoms with Gasteiger partial charge in [0.05, 0.1) is 14.2 Å². The highest BCUT2D eigenvalue weighted by Crippen LogP contribution is 2.49. The van der Waals surface area contributed by atoms with Gasteiger partial charge in [-0.25, -0.2) is 0 Å². The van der Waals surface area contributed by atoms with Crippen molar-refractivity contribution in [2.45, 2.75) is 32.1 Å². The predicted octanol–water partition coefficient (Wildman–Crippen LogP) is 2.86. The van der Waals surface area contributed by atoms with Crippen molar-refractivity contribution >= 4 is 11.4 Å². The third-order valence-corrected chi connectivity index (χ3v) is 4.18. The van der Waals surface area contributed by atoms with Crippen molar-refractivity contribution in [3.8, 4) is 17.2 Å². The van der Waals surface area contributed by atoms with Crippen LogP contribution < -0.4 is 9.47 Å². The number of aromatic hydroxyl groups is 1. The fourth-order valence-corrected chi connectivity index (χ4v) is 3.32. The second kappa shape index (κ2) is 4.85. The first-order valence-electron chi connectivity index (χ1n) is 6.89. The first kappa shape index (κ1) is 13.0. The largest absolute Gasteiger partial charge is 0.504 e. The van der Waals surface area contributed by atoms with Gasteiger partial charge in [-0.2, -0.15) is 0 Å². The van der Waals surface area contributed by atoms with Crippen LogP contribution in [0.25, 0.3) is 5.57 Å². The van der Waals surface area contributed by atoms with Gasteiger partial charge in [0.15, 0.2) is 17.3 Å². The Morgan fingerprint density at radius 3 is 2.40 bits per heavy atom. The van der Waals surface area contributed by atoms with E-state index >= 15 is 0 Å². The van der Waals surface area contributed by atoms with Gasteiger partial charge in [-0.05, 0) is 48.5 Å². The lowest BCUT2D eigenvalue weighted by Crippen LogP contribution is -2.00. The summed E-state index contributed by atoms with van der Waals surface area (Å²) in [6.45, 7) is 0. The van der Waals surface area contributed by atoms with E-state index in [1.165, 1.54) is 7.11 Å². The van der Waals surface area contributed by atoms with Gasteiger partial charge in [-0.15, -0.1) is 0 Å². The first-order chi connectivity index (χ1) is 9.67. The molecule has 20 heavy (non-hydrogen) atoms. The van der Waals surface area contributed by atoms with Crippen LogP contribution in [-0.4, -0.2) is 25.1 Å². The minimum atomic E-state index is 0.0672. The molecule has 0 spiro atoms. The number of hydrogen-bond acceptors (Lipinski definition) is 4. The highest BCUT2D eigenvalue weighted by molar-refractivity contribution is 6.05. The first-order valence-corrected chi connectivity index (χ1v) is 6.89. The zero-order valence-corrected chi connectivity index (χ0v) is 11.8. The fourth-order valence-electron chi connectivity index (χ4n) is 3.32. The van der Waals surface area contributed by atoms with Crippen LogP contribution in [0.1, 0.15) is 36.8 Å². The number of Topliss-reactive ketones (excluding diaryl/α,β-unsaturated/α-hetero) is 1. The van der Waals surface area contributed by atoms with E-state index in [9.17, 15) is 9.90 Å². The maximum absolute atomic E-state index is 12.2. The monoisotopic (exact) mass is 274 g/mol. The van der Waals surface area contributed by atoms with Crippen molar-refractivity contribution in [3.05, 3.63) is 22.8 Å². The molecule has 106 valence electrons. The van der Waals surface area contributed by atoms with Gasteiger partial charge in [0.1, 0.15) is 0 Å². The van der Waals surface area contributed by atoms with Gasteiger partial charge < -0.3 is 14.6 Å². The van der Waals surface area contributed by atoms with Gasteiger partial charge >= 0.3 is 0 Å². The van der Waals surface area contributed by atoms with E-state index in [1.807, 2.05) is 0 Å². The normalized spacial score (nSPS) is 17.6. The molecule has 2 aliphatic carbocycles. The summed E-state index contributed by atoms with van der Waals surface area (Å²) in [5, 5.41) is 10.1. The van der Waals surface area contributed by atoms with Crippen molar-refractivity contribution in [1.29, 1.82) is 0 Å². The second-order valence-corrected chi connectivity index (χ2v) is 5.23. The Hall–Kier alpha value is -1.97. The number of ketones is 1. The molecule has 0 unspecified atom stereocenters. The Kier molecular flexibility index (Phi) is 3.16. The molecule has 4 nitrogen and oxygen atoms in total. The number of allylic oxidation sites excluding steroid dienone is 2. The molecule has 0 fully saturated rings. The third-order valence-electron chi connectivity index (χ3n) is 4.18. The molecule has 1 N–H and O–H groups in total. The van der Waals surface area contributed by atoms with E-state index < -0.39 is 0 Å². The maximum atomic E-state index is 12.2. The number of rotatable bonds is 2. The summed E-state index contributed by atoms with van der Waals surface area (Å²) in [4.78, 5) is 12.2. The van der Waals surface area contributed by atoms with Crippen molar-refractivity contribution in [2.75, 3.05) is 14.2 Å². The average Bonchev–Trinajstić information content (AvgIpc) is 2.88. The second-order valence-electron chi connectivity index (χ2n) is 5.23. The molecule has 0 saturated carbocycles. The van der Waals surface area contributed by atoms with E-state index in [-0.39, 0.29) is 11.5 Å². The number of phenols is 1. The highest BCUT2D eigenvalue weighted by Gasteiger charge is 2.31. The fraction of sp³-hybridized carbons (Fsp3) is 0.438. The van der Waals surface area contributed by atoms with E-state index in [0.717, 1.165) is 41.5 Å². The number of aryl methyl sites for hydroxylation is 1. The van der Waals surface area contributed by atoms with Crippen LogP contribution in [0.5, 0.6) is 17.2 Å². The zero-order valence-electron chi connectivity index (χ0n) is 11.8. The van der Waals surface area contributed by atoms with Crippen molar-refractivity contribution in [3.63, 3.8) is 0 Å². The number of carbonyl (C=O) groups excluding carboxylic acids is 1. The van der Waals surface area contributed by atoms with Crippen LogP contribution >= 0.6 is 0 Å². The van der Waals surface area contributed by atoms with Gasteiger partial charge in [0.2, 0.25) is 5.75 Å². The summed E-state index contributed by atoms with van der Waals surface area (Å²) in [6.07, 6.45) is 3.87. The van der Waals surface area contributed by atoms with Crippen molar-refractivity contribution < 1.29 is 19.4 Å². The lowest BCUT2D eigenvalue weighted by Gasteiger charge is -2.18. The van der Waals surface area contributed by atoms with Crippen LogP contribution in [-0.2, 0) is 11.2 Å². The standard InChI is InChI=1S/C16H18O4/c1-19-15-13(18)8-9-6-7-12(17)10-4-3-5-11(10)14(9)16(15)20-2/h8,18H,3-7H2,1-2H3. The Balaban J connectivity index is 2.31. The average molecular weight is 274 g/mol. The number of carbonyl (C=O) groups is 1. The summed E-state index contributed by atoms with van der Waals surface area (Å²) >= 11 is 0. The summed E-state index contributed by atoms with van der Waals surface area (Å²) in [5.74, 6) is 1.19. The third kappa shape index (κ3) is 1.79. The molecule has 1 aromatic carbocycles. The predicted molar refractivity (Wildman–Crippen MR) is 75.3 cm³/mol. The minimum Gasteiger partial charge on any atom is -0.504 e. The van der Waals surface area contributed by atoms with Gasteiger partial charge in [0, 0.05) is 12.0 Å². The zero-order chi connectivity index (χ0) is 14.3. The SMILES string of the molecule is COc1c(O)cc2c(c1OC)C1=C(CCC1)C(=O)CC2. The summed E-state index contributed by atoms with van der Waals surface area (Å²) in [5.41, 5.74) is 3.95. The van der Waals surface area contributed by atoms with Crippen molar-refractivity contribution in [1.82, 2.24) is 0 Å². The van der Waals surface area contributed by atoms with Crippen LogP contribution in [0, 0.1) is 0 Å². The molecule has 0 saturated heterocycles. The van der Waals surface area contributed by atoms with E-state index in [1.54, 1.807) is 13.2 Å². The topological polar surface area (TPSA) is 55.8 Å². The molecular formula is C16H18O4. The molecule has 2 aliphatic rings. The van der Waals surface area contributed by atoms with Crippen LogP contribution in [0.2, 0.25) is 0 Å². The Morgan fingerprint density at radius 1 is 1.00 bits per heavy atom. The number of phenolic OH excluding ortho intramolecular Hbond substituents is 1. The van der Waals surface area contributed by atoms with E-state index in [2.05, 4.69) is 0 Å². The van der Waals surface area contributed by atoms with E-state index in [0.29, 0.717) is 24.3 Å². The quantitative estimate of drug-likeness (QED) is 0.901. The lowest BCUT2D eigenvalue weighted by molar-refractivity contribution is -0.115. The number of hydrogen-bond donors (Lipinski definition) is 1. The number of fused-ring (bicyclic) bond motifs is 2. The van der Waals surface area contributed by atoms with Crippen LogP contribution in [0.3, 0.4) is 0 Å². The number of benzene rings is 1. The minimum absolute atomic E-state index is 0.0672. The number of methoxy groups -OCH3 is 2. The Morgan fingerprint density at radius 2 is 1.70 bits per heavy atom. The molecule has 0 amide bonds. The molecule has 0 atom stereocenters. The molecule has 1 aromatic rings.